The Morgan fingerprint density at radius 1 is 1.23 bits per heavy atom. The van der Waals surface area contributed by atoms with Crippen LogP contribution in [0.3, 0.4) is 0 Å². The highest BCUT2D eigenvalue weighted by Gasteiger charge is 2.18. The second-order valence-corrected chi connectivity index (χ2v) is 4.33. The first kappa shape index (κ1) is 12.3. The highest BCUT2D eigenvalue weighted by molar-refractivity contribution is 6.02. The van der Waals surface area contributed by atoms with Crippen LogP contribution in [0, 0.1) is 0 Å². The minimum absolute atomic E-state index is 0.0534. The number of hydrogen-bond donors (Lipinski definition) is 2. The molecule has 2 aromatic heterocycles. The van der Waals surface area contributed by atoms with E-state index in [9.17, 15) is 4.79 Å². The van der Waals surface area contributed by atoms with E-state index in [1.54, 1.807) is 18.2 Å². The fraction of sp³-hybridized carbons (Fsp3) is 0.0833. The molecule has 0 fully saturated rings. The second-order valence-electron chi connectivity index (χ2n) is 4.33. The maximum Gasteiger partial charge on any atom is 0.280 e. The van der Waals surface area contributed by atoms with Gasteiger partial charge in [0.1, 0.15) is 0 Å². The number of hydrogen-bond acceptors (Lipinski definition) is 8. The van der Waals surface area contributed by atoms with Gasteiger partial charge in [-0.25, -0.2) is 0 Å². The van der Waals surface area contributed by atoms with Crippen molar-refractivity contribution >= 4 is 11.9 Å². The molecule has 22 heavy (non-hydrogen) atoms. The minimum atomic E-state index is -0.503. The largest absolute Gasteiger partial charge is 0.454 e. The van der Waals surface area contributed by atoms with E-state index < -0.39 is 5.91 Å². The zero-order valence-electron chi connectivity index (χ0n) is 10.9. The number of anilines is 1. The van der Waals surface area contributed by atoms with E-state index in [2.05, 4.69) is 31.1 Å². The molecule has 10 heteroatoms. The van der Waals surface area contributed by atoms with Gasteiger partial charge in [0.15, 0.2) is 23.0 Å². The van der Waals surface area contributed by atoms with Crippen molar-refractivity contribution in [1.82, 2.24) is 25.8 Å². The molecule has 0 saturated carbocycles. The summed E-state index contributed by atoms with van der Waals surface area (Å²) >= 11 is 0. The SMILES string of the molecule is O=C(Nc1nn[nH]n1)c1cc(-c2ccc3c(c2)OCO3)on1. The number of carbonyl (C=O) groups excluding carboxylic acids is 1. The van der Waals surface area contributed by atoms with Crippen LogP contribution in [0.5, 0.6) is 11.5 Å². The molecule has 3 aromatic rings. The zero-order chi connectivity index (χ0) is 14.9. The molecule has 1 aliphatic heterocycles. The summed E-state index contributed by atoms with van der Waals surface area (Å²) in [6.07, 6.45) is 0. The van der Waals surface area contributed by atoms with Gasteiger partial charge in [-0.1, -0.05) is 10.3 Å². The van der Waals surface area contributed by atoms with Crippen LogP contribution < -0.4 is 14.8 Å². The fourth-order valence-corrected chi connectivity index (χ4v) is 1.95. The van der Waals surface area contributed by atoms with Gasteiger partial charge in [0, 0.05) is 11.6 Å². The van der Waals surface area contributed by atoms with Crippen LogP contribution in [-0.4, -0.2) is 38.5 Å². The number of H-pyrrole nitrogens is 1. The molecule has 0 aliphatic carbocycles. The molecule has 1 aromatic carbocycles. The van der Waals surface area contributed by atoms with Gasteiger partial charge in [0.2, 0.25) is 6.79 Å². The molecule has 0 saturated heterocycles. The van der Waals surface area contributed by atoms with Crippen molar-refractivity contribution in [2.75, 3.05) is 12.1 Å². The molecule has 0 atom stereocenters. The van der Waals surface area contributed by atoms with Gasteiger partial charge in [0.05, 0.1) is 0 Å². The summed E-state index contributed by atoms with van der Waals surface area (Å²) in [4.78, 5) is 11.9. The molecule has 0 unspecified atom stereocenters. The van der Waals surface area contributed by atoms with E-state index >= 15 is 0 Å². The summed E-state index contributed by atoms with van der Waals surface area (Å²) in [5.41, 5.74) is 0.813. The summed E-state index contributed by atoms with van der Waals surface area (Å²) in [5.74, 6) is 1.26. The van der Waals surface area contributed by atoms with Crippen LogP contribution in [0.2, 0.25) is 0 Å². The number of nitrogens with one attached hydrogen (secondary N) is 2. The molecule has 4 rings (SSSR count). The third kappa shape index (κ3) is 2.12. The third-order valence-electron chi connectivity index (χ3n) is 2.97. The predicted octanol–water partition coefficient (Wildman–Crippen LogP) is 0.836. The maximum atomic E-state index is 11.9. The monoisotopic (exact) mass is 300 g/mol. The van der Waals surface area contributed by atoms with Gasteiger partial charge in [-0.2, -0.15) is 5.21 Å². The Labute approximate surface area is 122 Å². The van der Waals surface area contributed by atoms with Crippen LogP contribution in [0.25, 0.3) is 11.3 Å². The lowest BCUT2D eigenvalue weighted by atomic mass is 10.1. The van der Waals surface area contributed by atoms with Crippen molar-refractivity contribution in [3.8, 4) is 22.8 Å². The predicted molar refractivity (Wildman–Crippen MR) is 70.2 cm³/mol. The first-order valence-electron chi connectivity index (χ1n) is 6.21. The molecular formula is C12H8N6O4. The third-order valence-corrected chi connectivity index (χ3v) is 2.97. The number of nitrogens with zero attached hydrogens (tertiary/aromatic N) is 4. The van der Waals surface area contributed by atoms with E-state index in [-0.39, 0.29) is 18.4 Å². The zero-order valence-corrected chi connectivity index (χ0v) is 10.9. The van der Waals surface area contributed by atoms with Crippen molar-refractivity contribution in [2.24, 2.45) is 0 Å². The fourth-order valence-electron chi connectivity index (χ4n) is 1.95. The van der Waals surface area contributed by atoms with Crippen LogP contribution in [-0.2, 0) is 0 Å². The second kappa shape index (κ2) is 4.84. The lowest BCUT2D eigenvalue weighted by molar-refractivity contribution is 0.101. The van der Waals surface area contributed by atoms with E-state index in [1.807, 2.05) is 0 Å². The van der Waals surface area contributed by atoms with Gasteiger partial charge >= 0.3 is 0 Å². The maximum absolute atomic E-state index is 11.9. The molecule has 1 aliphatic rings. The Morgan fingerprint density at radius 3 is 3.00 bits per heavy atom. The van der Waals surface area contributed by atoms with E-state index in [0.717, 1.165) is 5.56 Å². The Morgan fingerprint density at radius 2 is 2.14 bits per heavy atom. The number of carbonyl (C=O) groups is 1. The summed E-state index contributed by atoms with van der Waals surface area (Å²) in [6.45, 7) is 0.188. The number of aromatic nitrogens is 5. The number of benzene rings is 1. The van der Waals surface area contributed by atoms with Crippen LogP contribution in [0.4, 0.5) is 5.95 Å². The summed E-state index contributed by atoms with van der Waals surface area (Å²) < 4.78 is 15.7. The average molecular weight is 300 g/mol. The molecule has 110 valence electrons. The quantitative estimate of drug-likeness (QED) is 0.728. The van der Waals surface area contributed by atoms with Gasteiger partial charge in [-0.15, -0.1) is 5.10 Å². The van der Waals surface area contributed by atoms with Gasteiger partial charge in [-0.05, 0) is 23.4 Å². The highest BCUT2D eigenvalue weighted by atomic mass is 16.7. The van der Waals surface area contributed by atoms with Crippen molar-refractivity contribution in [1.29, 1.82) is 0 Å². The lowest BCUT2D eigenvalue weighted by Gasteiger charge is -1.98. The lowest BCUT2D eigenvalue weighted by Crippen LogP contribution is -2.13. The Kier molecular flexibility index (Phi) is 2.71. The Balaban J connectivity index is 1.57. The van der Waals surface area contributed by atoms with Crippen molar-refractivity contribution in [2.45, 2.75) is 0 Å². The first-order chi connectivity index (χ1) is 10.8. The average Bonchev–Trinajstić information content (AvgIpc) is 3.27. The molecule has 0 radical (unpaired) electrons. The molecule has 0 bridgehead atoms. The number of amides is 1. The topological polar surface area (TPSA) is 128 Å². The molecule has 0 spiro atoms. The van der Waals surface area contributed by atoms with Crippen LogP contribution in [0.1, 0.15) is 10.5 Å². The number of fused-ring (bicyclic) bond motifs is 1. The minimum Gasteiger partial charge on any atom is -0.454 e. The highest BCUT2D eigenvalue weighted by Crippen LogP contribution is 2.35. The molecule has 1 amide bonds. The van der Waals surface area contributed by atoms with Crippen molar-refractivity contribution < 1.29 is 18.8 Å². The molecule has 2 N–H and O–H groups in total. The number of ether oxygens (including phenoxy) is 2. The summed E-state index contributed by atoms with van der Waals surface area (Å²) in [6, 6.07) is 6.81. The number of aromatic amines is 1. The van der Waals surface area contributed by atoms with Gasteiger partial charge in [-0.3, -0.25) is 10.1 Å². The Bertz CT molecular complexity index is 828. The van der Waals surface area contributed by atoms with Crippen molar-refractivity contribution in [3.05, 3.63) is 30.0 Å². The van der Waals surface area contributed by atoms with Crippen molar-refractivity contribution in [3.63, 3.8) is 0 Å². The standard InChI is InChI=1S/C12H8N6O4/c19-11(13-12-14-17-18-15-12)7-4-9(22-16-7)6-1-2-8-10(3-6)21-5-20-8/h1-4H,5H2,(H2,13,14,15,17,18,19). The molecule has 3 heterocycles. The van der Waals surface area contributed by atoms with E-state index in [0.29, 0.717) is 17.3 Å². The van der Waals surface area contributed by atoms with E-state index in [1.165, 1.54) is 6.07 Å². The Hall–Kier alpha value is -3.43. The first-order valence-corrected chi connectivity index (χ1v) is 6.21. The van der Waals surface area contributed by atoms with Gasteiger partial charge < -0.3 is 14.0 Å². The van der Waals surface area contributed by atoms with Crippen LogP contribution in [0.15, 0.2) is 28.8 Å². The number of rotatable bonds is 3. The summed E-state index contributed by atoms with van der Waals surface area (Å²) in [5, 5.41) is 18.9. The number of tetrazole rings is 1. The normalized spacial score (nSPS) is 12.4. The van der Waals surface area contributed by atoms with Crippen LogP contribution >= 0.6 is 0 Å². The summed E-state index contributed by atoms with van der Waals surface area (Å²) in [7, 11) is 0. The molecular weight excluding hydrogens is 292 g/mol. The smallest absolute Gasteiger partial charge is 0.280 e. The van der Waals surface area contributed by atoms with Gasteiger partial charge in [0.25, 0.3) is 11.9 Å². The molecule has 10 nitrogen and oxygen atoms in total. The van der Waals surface area contributed by atoms with E-state index in [4.69, 9.17) is 14.0 Å².